The maximum Gasteiger partial charge on any atom is 0.0165 e. The number of nitrogens with one attached hydrogen (secondary N) is 1. The molecule has 1 aliphatic carbocycles. The molecule has 0 bridgehead atoms. The molecule has 116 valence electrons. The number of nitrogens with zero attached hydrogens (tertiary/aromatic N) is 1. The van der Waals surface area contributed by atoms with Gasteiger partial charge in [0.2, 0.25) is 0 Å². The predicted molar refractivity (Wildman–Crippen MR) is 91.6 cm³/mol. The molecule has 2 nitrogen and oxygen atoms in total. The van der Waals surface area contributed by atoms with Gasteiger partial charge >= 0.3 is 0 Å². The summed E-state index contributed by atoms with van der Waals surface area (Å²) in [6, 6.07) is 1.57. The smallest absolute Gasteiger partial charge is 0.0165 e. The van der Waals surface area contributed by atoms with Gasteiger partial charge in [-0.15, -0.1) is 0 Å². The number of allylic oxidation sites excluding steroid dienone is 1. The van der Waals surface area contributed by atoms with Gasteiger partial charge in [0.15, 0.2) is 0 Å². The number of likely N-dealkylation sites (tertiary alicyclic amines) is 1. The summed E-state index contributed by atoms with van der Waals surface area (Å²) in [5.74, 6) is 0. The summed E-state index contributed by atoms with van der Waals surface area (Å²) in [5.41, 5.74) is 1.44. The summed E-state index contributed by atoms with van der Waals surface area (Å²) in [4.78, 5) is 2.59. The first kappa shape index (κ1) is 16.4. The van der Waals surface area contributed by atoms with E-state index in [1.165, 1.54) is 57.2 Å². The van der Waals surface area contributed by atoms with Crippen molar-refractivity contribution in [3.8, 4) is 0 Å². The van der Waals surface area contributed by atoms with Gasteiger partial charge in [0.25, 0.3) is 0 Å². The van der Waals surface area contributed by atoms with Gasteiger partial charge in [0, 0.05) is 23.9 Å². The van der Waals surface area contributed by atoms with Crippen LogP contribution in [-0.2, 0) is 0 Å². The molecule has 0 atom stereocenters. The van der Waals surface area contributed by atoms with Crippen molar-refractivity contribution >= 4 is 11.8 Å². The zero-order chi connectivity index (χ0) is 14.4. The molecule has 1 aliphatic heterocycles. The Morgan fingerprint density at radius 1 is 1.05 bits per heavy atom. The van der Waals surface area contributed by atoms with E-state index in [9.17, 15) is 0 Å². The largest absolute Gasteiger partial charge is 0.311 e. The maximum absolute atomic E-state index is 3.94. The van der Waals surface area contributed by atoms with Crippen LogP contribution in [0.3, 0.4) is 0 Å². The lowest BCUT2D eigenvalue weighted by Crippen LogP contribution is -2.47. The van der Waals surface area contributed by atoms with Crippen LogP contribution in [0.15, 0.2) is 11.6 Å². The summed E-state index contributed by atoms with van der Waals surface area (Å²) in [6.45, 7) is 8.07. The van der Waals surface area contributed by atoms with Gasteiger partial charge in [-0.3, -0.25) is 4.90 Å². The van der Waals surface area contributed by atoms with Gasteiger partial charge in [-0.2, -0.15) is 11.8 Å². The minimum atomic E-state index is 0.772. The highest BCUT2D eigenvalue weighted by Crippen LogP contribution is 2.27. The third-order valence-electron chi connectivity index (χ3n) is 4.82. The van der Waals surface area contributed by atoms with Crippen LogP contribution in [0.25, 0.3) is 0 Å². The molecule has 2 aliphatic rings. The van der Waals surface area contributed by atoms with E-state index in [1.54, 1.807) is 0 Å². The lowest BCUT2D eigenvalue weighted by Gasteiger charge is -2.36. The Balaban J connectivity index is 1.63. The Bertz CT molecular complexity index is 296. The molecule has 2 fully saturated rings. The number of rotatable bonds is 5. The fraction of sp³-hybridized carbons (Fsp3) is 0.882. The van der Waals surface area contributed by atoms with Gasteiger partial charge in [-0.05, 0) is 71.7 Å². The van der Waals surface area contributed by atoms with Crippen molar-refractivity contribution in [2.45, 2.75) is 69.7 Å². The first-order valence-electron chi connectivity index (χ1n) is 8.32. The van der Waals surface area contributed by atoms with Crippen LogP contribution in [0, 0.1) is 0 Å². The standard InChI is InChI=1S/C17H32N2S/c1-14(2)8-11-19-12-9-16(10-13-19)18-15-4-6-17(20-3)7-5-15/h8,15-18H,4-7,9-13H2,1-3H3. The van der Waals surface area contributed by atoms with Crippen LogP contribution >= 0.6 is 11.8 Å². The Hall–Kier alpha value is 0.0100. The van der Waals surface area contributed by atoms with Crippen molar-refractivity contribution in [3.05, 3.63) is 11.6 Å². The second-order valence-corrected chi connectivity index (χ2v) is 7.87. The molecular weight excluding hydrogens is 264 g/mol. The molecule has 3 heteroatoms. The van der Waals surface area contributed by atoms with Gasteiger partial charge in [0.1, 0.15) is 0 Å². The summed E-state index contributed by atoms with van der Waals surface area (Å²) in [7, 11) is 0. The van der Waals surface area contributed by atoms with Crippen molar-refractivity contribution in [2.24, 2.45) is 0 Å². The number of hydrogen-bond acceptors (Lipinski definition) is 3. The minimum absolute atomic E-state index is 0.772. The van der Waals surface area contributed by atoms with E-state index in [4.69, 9.17) is 0 Å². The Labute approximate surface area is 129 Å². The van der Waals surface area contributed by atoms with E-state index in [2.05, 4.69) is 48.2 Å². The molecule has 1 N–H and O–H groups in total. The fourth-order valence-electron chi connectivity index (χ4n) is 3.39. The molecular formula is C17H32N2S. The quantitative estimate of drug-likeness (QED) is 0.779. The average Bonchev–Trinajstić information content (AvgIpc) is 2.47. The summed E-state index contributed by atoms with van der Waals surface area (Å²) in [5, 5.41) is 4.87. The molecule has 0 aromatic carbocycles. The number of hydrogen-bond donors (Lipinski definition) is 1. The normalized spacial score (nSPS) is 29.4. The van der Waals surface area contributed by atoms with Crippen molar-refractivity contribution in [2.75, 3.05) is 25.9 Å². The summed E-state index contributed by atoms with van der Waals surface area (Å²) >= 11 is 2.06. The molecule has 0 unspecified atom stereocenters. The van der Waals surface area contributed by atoms with E-state index in [0.29, 0.717) is 0 Å². The second kappa shape index (κ2) is 8.45. The molecule has 0 aromatic rings. The van der Waals surface area contributed by atoms with E-state index in [1.807, 2.05) is 0 Å². The van der Waals surface area contributed by atoms with E-state index < -0.39 is 0 Å². The zero-order valence-electron chi connectivity index (χ0n) is 13.5. The fourth-order valence-corrected chi connectivity index (χ4v) is 4.14. The second-order valence-electron chi connectivity index (χ2n) is 6.73. The van der Waals surface area contributed by atoms with Crippen LogP contribution in [0.2, 0.25) is 0 Å². The third kappa shape index (κ3) is 5.42. The van der Waals surface area contributed by atoms with Crippen molar-refractivity contribution in [1.82, 2.24) is 10.2 Å². The topological polar surface area (TPSA) is 15.3 Å². The lowest BCUT2D eigenvalue weighted by atomic mass is 9.93. The Kier molecular flexibility index (Phi) is 6.92. The van der Waals surface area contributed by atoms with Crippen molar-refractivity contribution in [1.29, 1.82) is 0 Å². The first-order valence-corrected chi connectivity index (χ1v) is 9.60. The molecule has 0 spiro atoms. The van der Waals surface area contributed by atoms with E-state index in [0.717, 1.165) is 23.9 Å². The molecule has 20 heavy (non-hydrogen) atoms. The van der Waals surface area contributed by atoms with E-state index in [-0.39, 0.29) is 0 Å². The number of piperidine rings is 1. The van der Waals surface area contributed by atoms with Gasteiger partial charge in [-0.1, -0.05) is 11.6 Å². The summed E-state index contributed by atoms with van der Waals surface area (Å²) in [6.07, 6.45) is 12.9. The highest BCUT2D eigenvalue weighted by molar-refractivity contribution is 7.99. The third-order valence-corrected chi connectivity index (χ3v) is 5.96. The Morgan fingerprint density at radius 2 is 1.65 bits per heavy atom. The van der Waals surface area contributed by atoms with E-state index >= 15 is 0 Å². The molecule has 0 aromatic heterocycles. The van der Waals surface area contributed by atoms with Gasteiger partial charge in [-0.25, -0.2) is 0 Å². The highest BCUT2D eigenvalue weighted by Gasteiger charge is 2.24. The summed E-state index contributed by atoms with van der Waals surface area (Å²) < 4.78 is 0. The maximum atomic E-state index is 3.94. The zero-order valence-corrected chi connectivity index (χ0v) is 14.3. The molecule has 1 saturated carbocycles. The average molecular weight is 297 g/mol. The number of thioether (sulfide) groups is 1. The predicted octanol–water partition coefficient (Wildman–Crippen LogP) is 3.68. The first-order chi connectivity index (χ1) is 9.67. The monoisotopic (exact) mass is 296 g/mol. The Morgan fingerprint density at radius 3 is 2.20 bits per heavy atom. The minimum Gasteiger partial charge on any atom is -0.311 e. The van der Waals surface area contributed by atoms with Gasteiger partial charge in [0.05, 0.1) is 0 Å². The van der Waals surface area contributed by atoms with Crippen LogP contribution in [0.1, 0.15) is 52.4 Å². The van der Waals surface area contributed by atoms with Crippen molar-refractivity contribution < 1.29 is 0 Å². The molecule has 1 heterocycles. The molecule has 1 saturated heterocycles. The van der Waals surface area contributed by atoms with Crippen LogP contribution in [0.4, 0.5) is 0 Å². The van der Waals surface area contributed by atoms with Crippen LogP contribution < -0.4 is 5.32 Å². The van der Waals surface area contributed by atoms with Gasteiger partial charge < -0.3 is 5.32 Å². The highest BCUT2D eigenvalue weighted by atomic mass is 32.2. The van der Waals surface area contributed by atoms with Crippen LogP contribution in [0.5, 0.6) is 0 Å². The lowest BCUT2D eigenvalue weighted by molar-refractivity contribution is 0.198. The van der Waals surface area contributed by atoms with Crippen molar-refractivity contribution in [3.63, 3.8) is 0 Å². The SMILES string of the molecule is CSC1CCC(NC2CCN(CC=C(C)C)CC2)CC1. The molecule has 0 amide bonds. The molecule has 0 radical (unpaired) electrons. The van der Waals surface area contributed by atoms with Crippen LogP contribution in [-0.4, -0.2) is 48.1 Å². The molecule has 2 rings (SSSR count).